The summed E-state index contributed by atoms with van der Waals surface area (Å²) >= 11 is 5.99. The zero-order chi connectivity index (χ0) is 21.1. The van der Waals surface area contributed by atoms with Crippen LogP contribution in [0.1, 0.15) is 12.0 Å². The second-order valence-corrected chi connectivity index (χ2v) is 9.38. The average Bonchev–Trinajstić information content (AvgIpc) is 2.78. The molecule has 0 bridgehead atoms. The molecule has 0 unspecified atom stereocenters. The topological polar surface area (TPSA) is 57.7 Å². The highest BCUT2D eigenvalue weighted by molar-refractivity contribution is 7.92. The molecule has 0 fully saturated rings. The molecule has 1 aliphatic rings. The lowest BCUT2D eigenvalue weighted by Gasteiger charge is -2.32. The van der Waals surface area contributed by atoms with Crippen molar-refractivity contribution < 1.29 is 13.2 Å². The summed E-state index contributed by atoms with van der Waals surface area (Å²) in [6.45, 7) is 0.267. The fourth-order valence-corrected chi connectivity index (χ4v) is 5.20. The number of hydrogen-bond donors (Lipinski definition) is 0. The first-order chi connectivity index (χ1) is 14.5. The van der Waals surface area contributed by atoms with Gasteiger partial charge in [0.15, 0.2) is 0 Å². The first-order valence-electron chi connectivity index (χ1n) is 9.68. The lowest BCUT2D eigenvalue weighted by atomic mass is 10.0. The van der Waals surface area contributed by atoms with E-state index in [4.69, 9.17) is 11.6 Å². The number of para-hydroxylation sites is 1. The monoisotopic (exact) mass is 440 g/mol. The normalized spacial score (nSPS) is 13.6. The Morgan fingerprint density at radius 1 is 0.933 bits per heavy atom. The van der Waals surface area contributed by atoms with Crippen LogP contribution in [0.5, 0.6) is 0 Å². The molecule has 1 amide bonds. The minimum atomic E-state index is -3.94. The summed E-state index contributed by atoms with van der Waals surface area (Å²) in [5.41, 5.74) is 2.34. The second kappa shape index (κ2) is 8.50. The maximum absolute atomic E-state index is 13.4. The van der Waals surface area contributed by atoms with E-state index in [1.165, 1.54) is 12.1 Å². The van der Waals surface area contributed by atoms with Crippen molar-refractivity contribution in [3.63, 3.8) is 0 Å². The largest absolute Gasteiger partial charge is 0.311 e. The smallest absolute Gasteiger partial charge is 0.264 e. The summed E-state index contributed by atoms with van der Waals surface area (Å²) in [7, 11) is -3.94. The molecule has 3 aromatic carbocycles. The number of halogens is 1. The van der Waals surface area contributed by atoms with Crippen LogP contribution in [0.15, 0.2) is 83.8 Å². The Bertz CT molecular complexity index is 1150. The minimum absolute atomic E-state index is 0.131. The number of fused-ring (bicyclic) bond motifs is 1. The van der Waals surface area contributed by atoms with Gasteiger partial charge >= 0.3 is 0 Å². The van der Waals surface area contributed by atoms with Gasteiger partial charge in [-0.15, -0.1) is 0 Å². The molecule has 0 spiro atoms. The molecule has 0 saturated carbocycles. The molecule has 0 saturated heterocycles. The Labute approximate surface area is 181 Å². The third-order valence-corrected chi connectivity index (χ3v) is 7.18. The SMILES string of the molecule is O=C(CN(c1ccc(Cl)cc1)S(=O)(=O)c1ccccc1)N1CCCc2ccccc21. The molecule has 1 heterocycles. The van der Waals surface area contributed by atoms with Gasteiger partial charge in [0.2, 0.25) is 5.91 Å². The van der Waals surface area contributed by atoms with Gasteiger partial charge in [0, 0.05) is 17.3 Å². The van der Waals surface area contributed by atoms with Crippen LogP contribution >= 0.6 is 11.6 Å². The lowest BCUT2D eigenvalue weighted by Crippen LogP contribution is -2.45. The van der Waals surface area contributed by atoms with Crippen LogP contribution in [-0.4, -0.2) is 27.4 Å². The Balaban J connectivity index is 1.71. The van der Waals surface area contributed by atoms with E-state index in [0.717, 1.165) is 28.4 Å². The van der Waals surface area contributed by atoms with Gasteiger partial charge in [-0.3, -0.25) is 9.10 Å². The van der Waals surface area contributed by atoms with Crippen LogP contribution < -0.4 is 9.21 Å². The van der Waals surface area contributed by atoms with Gasteiger partial charge in [-0.2, -0.15) is 0 Å². The molecule has 5 nitrogen and oxygen atoms in total. The number of carbonyl (C=O) groups is 1. The molecule has 0 radical (unpaired) electrons. The van der Waals surface area contributed by atoms with Gasteiger partial charge in [0.1, 0.15) is 6.54 Å². The molecule has 1 aliphatic heterocycles. The van der Waals surface area contributed by atoms with Crippen LogP contribution in [0.3, 0.4) is 0 Å². The Morgan fingerprint density at radius 3 is 2.33 bits per heavy atom. The van der Waals surface area contributed by atoms with Crippen molar-refractivity contribution in [1.82, 2.24) is 0 Å². The highest BCUT2D eigenvalue weighted by Gasteiger charge is 2.30. The second-order valence-electron chi connectivity index (χ2n) is 7.08. The van der Waals surface area contributed by atoms with Crippen molar-refractivity contribution in [2.75, 3.05) is 22.3 Å². The van der Waals surface area contributed by atoms with E-state index in [1.54, 1.807) is 47.4 Å². The molecule has 0 atom stereocenters. The maximum Gasteiger partial charge on any atom is 0.264 e. The predicted octanol–water partition coefficient (Wildman–Crippen LogP) is 4.51. The summed E-state index contributed by atoms with van der Waals surface area (Å²) in [5.74, 6) is -0.267. The number of hydrogen-bond acceptors (Lipinski definition) is 3. The first kappa shape index (κ1) is 20.4. The van der Waals surface area contributed by atoms with Gasteiger partial charge in [-0.25, -0.2) is 8.42 Å². The summed E-state index contributed by atoms with van der Waals surface area (Å²) < 4.78 is 28.0. The standard InChI is InChI=1S/C23H21ClN2O3S/c24-19-12-14-20(15-13-19)26(30(28,29)21-9-2-1-3-10-21)17-23(27)25-16-6-8-18-7-4-5-11-22(18)25/h1-5,7,9-15H,6,8,16-17H2. The minimum Gasteiger partial charge on any atom is -0.311 e. The Kier molecular flexibility index (Phi) is 5.79. The van der Waals surface area contributed by atoms with E-state index in [9.17, 15) is 13.2 Å². The predicted molar refractivity (Wildman–Crippen MR) is 120 cm³/mol. The van der Waals surface area contributed by atoms with Crippen LogP contribution in [0.25, 0.3) is 0 Å². The van der Waals surface area contributed by atoms with E-state index in [1.807, 2.05) is 24.3 Å². The lowest BCUT2D eigenvalue weighted by molar-refractivity contribution is -0.117. The summed E-state index contributed by atoms with van der Waals surface area (Å²) in [4.78, 5) is 15.1. The molecule has 0 N–H and O–H groups in total. The fourth-order valence-electron chi connectivity index (χ4n) is 3.64. The number of aryl methyl sites for hydroxylation is 1. The van der Waals surface area contributed by atoms with E-state index in [2.05, 4.69) is 0 Å². The molecular weight excluding hydrogens is 420 g/mol. The van der Waals surface area contributed by atoms with Crippen molar-refractivity contribution in [2.45, 2.75) is 17.7 Å². The molecule has 4 rings (SSSR count). The van der Waals surface area contributed by atoms with Crippen molar-refractivity contribution in [3.05, 3.63) is 89.4 Å². The van der Waals surface area contributed by atoms with E-state index in [0.29, 0.717) is 17.3 Å². The van der Waals surface area contributed by atoms with Crippen LogP contribution in [-0.2, 0) is 21.2 Å². The summed E-state index contributed by atoms with van der Waals surface area (Å²) in [5, 5.41) is 0.493. The molecule has 30 heavy (non-hydrogen) atoms. The van der Waals surface area contributed by atoms with Gasteiger partial charge in [-0.05, 0) is 60.9 Å². The maximum atomic E-state index is 13.4. The molecule has 154 valence electrons. The number of anilines is 2. The third kappa shape index (κ3) is 4.06. The fraction of sp³-hybridized carbons (Fsp3) is 0.174. The molecular formula is C23H21ClN2O3S. The number of sulfonamides is 1. The summed E-state index contributed by atoms with van der Waals surface area (Å²) in [6, 6.07) is 22.3. The van der Waals surface area contributed by atoms with E-state index >= 15 is 0 Å². The zero-order valence-corrected chi connectivity index (χ0v) is 17.8. The highest BCUT2D eigenvalue weighted by Crippen LogP contribution is 2.29. The van der Waals surface area contributed by atoms with Gasteiger partial charge in [0.25, 0.3) is 10.0 Å². The Hall–Kier alpha value is -2.83. The quantitative estimate of drug-likeness (QED) is 0.586. The molecule has 7 heteroatoms. The zero-order valence-electron chi connectivity index (χ0n) is 16.2. The van der Waals surface area contributed by atoms with Crippen molar-refractivity contribution in [3.8, 4) is 0 Å². The van der Waals surface area contributed by atoms with Crippen molar-refractivity contribution in [1.29, 1.82) is 0 Å². The summed E-state index contributed by atoms with van der Waals surface area (Å²) in [6.07, 6.45) is 1.75. The van der Waals surface area contributed by atoms with Crippen LogP contribution in [0.4, 0.5) is 11.4 Å². The van der Waals surface area contributed by atoms with E-state index < -0.39 is 10.0 Å². The molecule has 0 aliphatic carbocycles. The Morgan fingerprint density at radius 2 is 1.60 bits per heavy atom. The van der Waals surface area contributed by atoms with Crippen LogP contribution in [0, 0.1) is 0 Å². The first-order valence-corrected chi connectivity index (χ1v) is 11.5. The third-order valence-electron chi connectivity index (χ3n) is 5.14. The number of nitrogens with zero attached hydrogens (tertiary/aromatic N) is 2. The van der Waals surface area contributed by atoms with Crippen molar-refractivity contribution in [2.24, 2.45) is 0 Å². The van der Waals surface area contributed by atoms with Crippen molar-refractivity contribution >= 4 is 38.9 Å². The average molecular weight is 441 g/mol. The van der Waals surface area contributed by atoms with Gasteiger partial charge in [-0.1, -0.05) is 48.0 Å². The molecule has 0 aromatic heterocycles. The van der Waals surface area contributed by atoms with Gasteiger partial charge in [0.05, 0.1) is 10.6 Å². The molecule has 3 aromatic rings. The highest BCUT2D eigenvalue weighted by atomic mass is 35.5. The van der Waals surface area contributed by atoms with E-state index in [-0.39, 0.29) is 17.3 Å². The van der Waals surface area contributed by atoms with Crippen LogP contribution in [0.2, 0.25) is 5.02 Å². The van der Waals surface area contributed by atoms with Gasteiger partial charge < -0.3 is 4.90 Å². The number of benzene rings is 3. The number of rotatable bonds is 5. The number of carbonyl (C=O) groups excluding carboxylic acids is 1. The number of amides is 1.